The van der Waals surface area contributed by atoms with Gasteiger partial charge in [0.2, 0.25) is 5.91 Å². The van der Waals surface area contributed by atoms with Crippen LogP contribution in [0.15, 0.2) is 48.5 Å². The van der Waals surface area contributed by atoms with Crippen molar-refractivity contribution >= 4 is 17.5 Å². The summed E-state index contributed by atoms with van der Waals surface area (Å²) in [7, 11) is 0. The lowest BCUT2D eigenvalue weighted by atomic mass is 9.87. The van der Waals surface area contributed by atoms with E-state index in [9.17, 15) is 9.59 Å². The smallest absolute Gasteiger partial charge is 0.251 e. The Hall–Kier alpha value is -2.62. The molecule has 0 aromatic heterocycles. The number of amides is 2. The number of benzene rings is 2. The van der Waals surface area contributed by atoms with E-state index in [-0.39, 0.29) is 17.2 Å². The maximum Gasteiger partial charge on any atom is 0.251 e. The Morgan fingerprint density at radius 3 is 2.14 bits per heavy atom. The summed E-state index contributed by atoms with van der Waals surface area (Å²) in [6.07, 6.45) is 0. The molecule has 0 fully saturated rings. The highest BCUT2D eigenvalue weighted by Crippen LogP contribution is 2.27. The van der Waals surface area contributed by atoms with Gasteiger partial charge in [0.15, 0.2) is 0 Å². The van der Waals surface area contributed by atoms with Crippen molar-refractivity contribution in [3.8, 4) is 0 Å². The lowest BCUT2D eigenvalue weighted by molar-refractivity contribution is -0.116. The molecular weight excluding hydrogens is 348 g/mol. The first-order valence-electron chi connectivity index (χ1n) is 9.87. The zero-order valence-electron chi connectivity index (χ0n) is 17.9. The molecule has 0 saturated heterocycles. The first kappa shape index (κ1) is 21.7. The molecule has 4 nitrogen and oxygen atoms in total. The fourth-order valence-corrected chi connectivity index (χ4v) is 3.17. The third-order valence-corrected chi connectivity index (χ3v) is 4.86. The largest absolute Gasteiger partial charge is 0.350 e. The van der Waals surface area contributed by atoms with Crippen molar-refractivity contribution < 1.29 is 9.59 Å². The fraction of sp³-hybridized carbons (Fsp3) is 0.417. The van der Waals surface area contributed by atoms with Crippen LogP contribution in [-0.2, 0) is 10.2 Å². The lowest BCUT2D eigenvalue weighted by Gasteiger charge is -2.25. The zero-order chi connectivity index (χ0) is 20.9. The maximum absolute atomic E-state index is 12.5. The molecule has 2 aromatic carbocycles. The monoisotopic (exact) mass is 380 g/mol. The molecule has 4 heteroatoms. The molecule has 0 aliphatic carbocycles. The summed E-state index contributed by atoms with van der Waals surface area (Å²) in [6.45, 7) is 13.1. The van der Waals surface area contributed by atoms with E-state index in [4.69, 9.17) is 0 Å². The van der Waals surface area contributed by atoms with E-state index in [0.717, 1.165) is 11.3 Å². The van der Waals surface area contributed by atoms with Crippen molar-refractivity contribution in [1.29, 1.82) is 0 Å². The summed E-state index contributed by atoms with van der Waals surface area (Å²) in [6, 6.07) is 15.6. The zero-order valence-corrected chi connectivity index (χ0v) is 17.9. The Kier molecular flexibility index (Phi) is 7.00. The van der Waals surface area contributed by atoms with Crippen LogP contribution in [0.2, 0.25) is 0 Å². The molecule has 2 aromatic rings. The van der Waals surface area contributed by atoms with E-state index in [0.29, 0.717) is 24.6 Å². The molecule has 0 radical (unpaired) electrons. The third kappa shape index (κ3) is 5.44. The molecule has 2 rings (SSSR count). The van der Waals surface area contributed by atoms with Crippen LogP contribution in [0, 0.1) is 0 Å². The molecule has 28 heavy (non-hydrogen) atoms. The fourth-order valence-electron chi connectivity index (χ4n) is 3.17. The molecule has 150 valence electrons. The van der Waals surface area contributed by atoms with Gasteiger partial charge in [0.1, 0.15) is 0 Å². The molecule has 0 spiro atoms. The van der Waals surface area contributed by atoms with Crippen LogP contribution in [0.5, 0.6) is 0 Å². The van der Waals surface area contributed by atoms with Gasteiger partial charge < -0.3 is 10.2 Å². The molecule has 1 N–H and O–H groups in total. The minimum absolute atomic E-state index is 0.0307. The average molecular weight is 381 g/mol. The average Bonchev–Trinajstić information content (AvgIpc) is 2.64. The van der Waals surface area contributed by atoms with E-state index < -0.39 is 0 Å². The predicted molar refractivity (Wildman–Crippen MR) is 116 cm³/mol. The summed E-state index contributed by atoms with van der Waals surface area (Å²) in [5.41, 5.74) is 3.92. The van der Waals surface area contributed by atoms with Crippen molar-refractivity contribution in [1.82, 2.24) is 5.32 Å². The topological polar surface area (TPSA) is 49.4 Å². The van der Waals surface area contributed by atoms with Crippen molar-refractivity contribution in [3.63, 3.8) is 0 Å². The second-order valence-corrected chi connectivity index (χ2v) is 8.47. The standard InChI is InChI=1S/C24H32N2O2/c1-17(2)21-9-7-8-10-22(21)26(18(3)27)16-15-25-23(28)19-11-13-20(14-12-19)24(4,5)6/h7-14,17H,15-16H2,1-6H3,(H,25,28). The first-order chi connectivity index (χ1) is 13.1. The minimum atomic E-state index is -0.124. The first-order valence-corrected chi connectivity index (χ1v) is 9.87. The minimum Gasteiger partial charge on any atom is -0.350 e. The number of rotatable bonds is 6. The van der Waals surface area contributed by atoms with Crippen LogP contribution >= 0.6 is 0 Å². The molecule has 0 atom stereocenters. The number of hydrogen-bond acceptors (Lipinski definition) is 2. The van der Waals surface area contributed by atoms with Crippen LogP contribution in [-0.4, -0.2) is 24.9 Å². The summed E-state index contributed by atoms with van der Waals surface area (Å²) < 4.78 is 0. The number of nitrogens with zero attached hydrogens (tertiary/aromatic N) is 1. The SMILES string of the molecule is CC(=O)N(CCNC(=O)c1ccc(C(C)(C)C)cc1)c1ccccc1C(C)C. The highest BCUT2D eigenvalue weighted by molar-refractivity contribution is 5.95. The van der Waals surface area contributed by atoms with Gasteiger partial charge in [-0.25, -0.2) is 0 Å². The van der Waals surface area contributed by atoms with Crippen molar-refractivity contribution in [3.05, 3.63) is 65.2 Å². The number of nitrogens with one attached hydrogen (secondary N) is 1. The van der Waals surface area contributed by atoms with Gasteiger partial charge in [-0.1, -0.05) is 65.0 Å². The number of hydrogen-bond donors (Lipinski definition) is 1. The van der Waals surface area contributed by atoms with Crippen LogP contribution in [0.3, 0.4) is 0 Å². The van der Waals surface area contributed by atoms with E-state index in [1.165, 1.54) is 5.56 Å². The molecule has 0 bridgehead atoms. The Morgan fingerprint density at radius 2 is 1.61 bits per heavy atom. The quantitative estimate of drug-likeness (QED) is 0.776. The van der Waals surface area contributed by atoms with Crippen molar-refractivity contribution in [2.75, 3.05) is 18.0 Å². The summed E-state index contributed by atoms with van der Waals surface area (Å²) >= 11 is 0. The highest BCUT2D eigenvalue weighted by Gasteiger charge is 2.17. The molecular formula is C24H32N2O2. The number of carbonyl (C=O) groups is 2. The highest BCUT2D eigenvalue weighted by atomic mass is 16.2. The van der Waals surface area contributed by atoms with Crippen LogP contribution in [0.1, 0.15) is 68.9 Å². The summed E-state index contributed by atoms with van der Waals surface area (Å²) in [5.74, 6) is 0.159. The summed E-state index contributed by atoms with van der Waals surface area (Å²) in [5, 5.41) is 2.93. The molecule has 0 aliphatic rings. The second kappa shape index (κ2) is 9.05. The van der Waals surface area contributed by atoms with Crippen molar-refractivity contribution in [2.45, 2.75) is 52.9 Å². The van der Waals surface area contributed by atoms with Gasteiger partial charge in [-0.15, -0.1) is 0 Å². The molecule has 0 heterocycles. The molecule has 0 aliphatic heterocycles. The van der Waals surface area contributed by atoms with E-state index in [2.05, 4.69) is 39.9 Å². The number of para-hydroxylation sites is 1. The normalized spacial score (nSPS) is 11.4. The Morgan fingerprint density at radius 1 is 1.00 bits per heavy atom. The van der Waals surface area contributed by atoms with Gasteiger partial charge >= 0.3 is 0 Å². The van der Waals surface area contributed by atoms with Crippen LogP contribution in [0.4, 0.5) is 5.69 Å². The van der Waals surface area contributed by atoms with Gasteiger partial charge in [-0.3, -0.25) is 9.59 Å². The van der Waals surface area contributed by atoms with Gasteiger partial charge in [0.25, 0.3) is 5.91 Å². The number of carbonyl (C=O) groups excluding carboxylic acids is 2. The van der Waals surface area contributed by atoms with Gasteiger partial charge in [-0.2, -0.15) is 0 Å². The lowest BCUT2D eigenvalue weighted by Crippen LogP contribution is -2.38. The van der Waals surface area contributed by atoms with Crippen LogP contribution < -0.4 is 10.2 Å². The Labute approximate surface area is 169 Å². The molecule has 0 unspecified atom stereocenters. The maximum atomic E-state index is 12.5. The van der Waals surface area contributed by atoms with Crippen molar-refractivity contribution in [2.24, 2.45) is 0 Å². The van der Waals surface area contributed by atoms with Gasteiger partial charge in [0, 0.05) is 31.3 Å². The summed E-state index contributed by atoms with van der Waals surface area (Å²) in [4.78, 5) is 26.4. The van der Waals surface area contributed by atoms with E-state index >= 15 is 0 Å². The van der Waals surface area contributed by atoms with Gasteiger partial charge in [0.05, 0.1) is 0 Å². The Balaban J connectivity index is 2.04. The second-order valence-electron chi connectivity index (χ2n) is 8.47. The molecule has 0 saturated carbocycles. The van der Waals surface area contributed by atoms with Crippen LogP contribution in [0.25, 0.3) is 0 Å². The van der Waals surface area contributed by atoms with E-state index in [1.54, 1.807) is 11.8 Å². The Bertz CT molecular complexity index is 817. The number of anilines is 1. The third-order valence-electron chi connectivity index (χ3n) is 4.86. The molecule has 2 amide bonds. The van der Waals surface area contributed by atoms with Gasteiger partial charge in [-0.05, 0) is 40.7 Å². The predicted octanol–water partition coefficient (Wildman–Crippen LogP) is 4.89. The van der Waals surface area contributed by atoms with E-state index in [1.807, 2.05) is 48.5 Å².